The lowest BCUT2D eigenvalue weighted by atomic mass is 9.83. The third kappa shape index (κ3) is 3.52. The zero-order chi connectivity index (χ0) is 20.6. The first kappa shape index (κ1) is 21.4. The molecule has 0 aliphatic carbocycles. The third-order valence-electron chi connectivity index (χ3n) is 5.20. The van der Waals surface area contributed by atoms with Crippen LogP contribution < -0.4 is 4.74 Å². The van der Waals surface area contributed by atoms with E-state index in [0.717, 1.165) is 0 Å². The highest BCUT2D eigenvalue weighted by atomic mass is 16.7. The van der Waals surface area contributed by atoms with Gasteiger partial charge in [0.15, 0.2) is 12.2 Å². The molecule has 2 aliphatic rings. The highest BCUT2D eigenvalue weighted by Crippen LogP contribution is 2.40. The minimum Gasteiger partial charge on any atom is -0.456 e. The van der Waals surface area contributed by atoms with Crippen molar-refractivity contribution < 1.29 is 50.0 Å². The predicted molar refractivity (Wildman–Crippen MR) is 91.0 cm³/mol. The molecule has 1 aromatic rings. The van der Waals surface area contributed by atoms with Gasteiger partial charge in [0.05, 0.1) is 12.7 Å². The summed E-state index contributed by atoms with van der Waals surface area (Å²) in [6.07, 6.45) is -14.2. The summed E-state index contributed by atoms with van der Waals surface area (Å²) in [5, 5.41) is 71.4. The molecule has 7 N–H and O–H groups in total. The molecule has 0 bridgehead atoms. The van der Waals surface area contributed by atoms with Gasteiger partial charge >= 0.3 is 0 Å². The second kappa shape index (κ2) is 8.19. The van der Waals surface area contributed by atoms with Gasteiger partial charge in [-0.15, -0.1) is 0 Å². The lowest BCUT2D eigenvalue weighted by molar-refractivity contribution is -0.394. The van der Waals surface area contributed by atoms with Crippen LogP contribution in [0.1, 0.15) is 6.92 Å². The average molecular weight is 401 g/mol. The first-order valence-corrected chi connectivity index (χ1v) is 8.90. The molecule has 3 rings (SSSR count). The van der Waals surface area contributed by atoms with Crippen molar-refractivity contribution in [3.8, 4) is 5.75 Å². The Balaban J connectivity index is 2.06. The van der Waals surface area contributed by atoms with Crippen molar-refractivity contribution >= 4 is 0 Å². The van der Waals surface area contributed by atoms with E-state index < -0.39 is 67.3 Å². The van der Waals surface area contributed by atoms with Crippen LogP contribution in [0, 0.1) is 6.07 Å². The fourth-order valence-electron chi connectivity index (χ4n) is 3.55. The number of rotatable bonds is 4. The maximum Gasteiger partial charge on any atom is 0.268 e. The van der Waals surface area contributed by atoms with E-state index in [0.29, 0.717) is 0 Å². The molecule has 0 spiro atoms. The second-order valence-electron chi connectivity index (χ2n) is 7.06. The van der Waals surface area contributed by atoms with Gasteiger partial charge in [-0.05, 0) is 25.1 Å². The minimum absolute atomic E-state index is 0.141. The molecule has 157 valence electrons. The number of aliphatic hydroxyl groups is 7. The number of ether oxygens (including phenoxy) is 3. The van der Waals surface area contributed by atoms with Gasteiger partial charge in [-0.3, -0.25) is 0 Å². The van der Waals surface area contributed by atoms with Crippen LogP contribution in [0.4, 0.5) is 0 Å². The van der Waals surface area contributed by atoms with Crippen LogP contribution >= 0.6 is 0 Å². The largest absolute Gasteiger partial charge is 0.456 e. The van der Waals surface area contributed by atoms with Gasteiger partial charge in [0.2, 0.25) is 0 Å². The Morgan fingerprint density at radius 3 is 2.21 bits per heavy atom. The van der Waals surface area contributed by atoms with Crippen LogP contribution in [-0.4, -0.2) is 103 Å². The molecule has 10 heteroatoms. The number of hydrogen-bond acceptors (Lipinski definition) is 10. The Labute approximate surface area is 161 Å². The van der Waals surface area contributed by atoms with E-state index in [1.165, 1.54) is 31.2 Å². The van der Waals surface area contributed by atoms with Gasteiger partial charge in [-0.1, -0.05) is 12.1 Å². The first-order chi connectivity index (χ1) is 13.2. The monoisotopic (exact) mass is 401 g/mol. The molecule has 2 aliphatic heterocycles. The second-order valence-corrected chi connectivity index (χ2v) is 7.06. The normalized spacial score (nSPS) is 46.9. The molecule has 28 heavy (non-hydrogen) atoms. The average Bonchev–Trinajstić information content (AvgIpc) is 2.70. The zero-order valence-corrected chi connectivity index (χ0v) is 15.1. The molecule has 2 saturated heterocycles. The molecule has 10 nitrogen and oxygen atoms in total. The summed E-state index contributed by atoms with van der Waals surface area (Å²) in [4.78, 5) is 0. The number of benzene rings is 1. The van der Waals surface area contributed by atoms with Crippen molar-refractivity contribution in [1.82, 2.24) is 0 Å². The van der Waals surface area contributed by atoms with Gasteiger partial charge in [-0.25, -0.2) is 0 Å². The van der Waals surface area contributed by atoms with E-state index in [1.807, 2.05) is 0 Å². The van der Waals surface area contributed by atoms with E-state index >= 15 is 0 Å². The summed E-state index contributed by atoms with van der Waals surface area (Å²) in [6.45, 7) is 0.699. The van der Waals surface area contributed by atoms with Crippen LogP contribution in [0.15, 0.2) is 24.3 Å². The molecule has 1 aromatic carbocycles. The summed E-state index contributed by atoms with van der Waals surface area (Å²) >= 11 is 0. The summed E-state index contributed by atoms with van der Waals surface area (Å²) in [5.74, 6) is -2.18. The molecular formula is C18H25O10. The van der Waals surface area contributed by atoms with Crippen molar-refractivity contribution in [2.75, 3.05) is 6.61 Å². The Kier molecular flexibility index (Phi) is 6.25. The lowest BCUT2D eigenvalue weighted by Crippen LogP contribution is -2.76. The highest BCUT2D eigenvalue weighted by Gasteiger charge is 2.64. The lowest BCUT2D eigenvalue weighted by Gasteiger charge is -2.54. The number of hydrogen-bond donors (Lipinski definition) is 7. The Bertz CT molecular complexity index is 643. The van der Waals surface area contributed by atoms with Crippen molar-refractivity contribution in [3.63, 3.8) is 0 Å². The molecular weight excluding hydrogens is 376 g/mol. The van der Waals surface area contributed by atoms with Crippen LogP contribution in [0.2, 0.25) is 0 Å². The van der Waals surface area contributed by atoms with E-state index in [1.54, 1.807) is 0 Å². The van der Waals surface area contributed by atoms with Crippen molar-refractivity contribution in [2.24, 2.45) is 0 Å². The molecule has 0 amide bonds. The smallest absolute Gasteiger partial charge is 0.268 e. The van der Waals surface area contributed by atoms with Crippen molar-refractivity contribution in [3.05, 3.63) is 30.3 Å². The van der Waals surface area contributed by atoms with Crippen LogP contribution in [-0.2, 0) is 9.47 Å². The van der Waals surface area contributed by atoms with Gasteiger partial charge in [0.25, 0.3) is 5.79 Å². The third-order valence-corrected chi connectivity index (χ3v) is 5.20. The Hall–Kier alpha value is -1.34. The van der Waals surface area contributed by atoms with E-state index in [4.69, 9.17) is 14.2 Å². The molecule has 10 atom stereocenters. The summed E-state index contributed by atoms with van der Waals surface area (Å²) in [5.41, 5.74) is 0. The summed E-state index contributed by atoms with van der Waals surface area (Å²) in [7, 11) is 0. The van der Waals surface area contributed by atoms with Crippen LogP contribution in [0.25, 0.3) is 0 Å². The van der Waals surface area contributed by atoms with Gasteiger partial charge < -0.3 is 50.0 Å². The summed E-state index contributed by atoms with van der Waals surface area (Å²) < 4.78 is 17.0. The van der Waals surface area contributed by atoms with E-state index in [-0.39, 0.29) is 5.75 Å². The molecule has 2 heterocycles. The fourth-order valence-corrected chi connectivity index (χ4v) is 3.55. The predicted octanol–water partition coefficient (Wildman–Crippen LogP) is -3.09. The highest BCUT2D eigenvalue weighted by molar-refractivity contribution is 5.23. The Morgan fingerprint density at radius 2 is 1.61 bits per heavy atom. The van der Waals surface area contributed by atoms with E-state index in [9.17, 15) is 35.7 Å². The van der Waals surface area contributed by atoms with Crippen molar-refractivity contribution in [2.45, 2.75) is 67.6 Å². The fraction of sp³-hybridized carbons (Fsp3) is 0.667. The molecule has 1 radical (unpaired) electrons. The molecule has 2 fully saturated rings. The van der Waals surface area contributed by atoms with Crippen LogP contribution in [0.5, 0.6) is 5.75 Å². The maximum absolute atomic E-state index is 10.8. The minimum atomic E-state index is -2.32. The topological polar surface area (TPSA) is 169 Å². The summed E-state index contributed by atoms with van der Waals surface area (Å²) in [6, 6.07) is 8.71. The quantitative estimate of drug-likeness (QED) is 0.274. The van der Waals surface area contributed by atoms with Gasteiger partial charge in [0, 0.05) is 0 Å². The molecule has 0 saturated carbocycles. The number of aliphatic hydroxyl groups excluding tert-OH is 7. The van der Waals surface area contributed by atoms with Crippen molar-refractivity contribution in [1.29, 1.82) is 0 Å². The zero-order valence-electron chi connectivity index (χ0n) is 15.1. The molecule has 2 unspecified atom stereocenters. The van der Waals surface area contributed by atoms with Crippen LogP contribution in [0.3, 0.4) is 0 Å². The standard InChI is InChI=1S/C18H25O10/c1-8-11(20)13(22)15(24)17(26-8)18(27-9-5-3-2-4-6-9)16(25)14(23)12(21)10(7-19)28-18/h3-6,8,10-17,19-25H,7H2,1H3/t8-,10-,11-,12+,13+,14+,15+,16-,17?,18?/m1/s1. The first-order valence-electron chi connectivity index (χ1n) is 8.90. The molecule has 0 aromatic heterocycles. The van der Waals surface area contributed by atoms with Gasteiger partial charge in [0.1, 0.15) is 42.4 Å². The maximum atomic E-state index is 10.8. The SMILES string of the molecule is C[C@H]1OC(C2(Oc3cc[c]cc3)O[C@H](CO)[C@H](O)[C@H](O)[C@H]2O)[C@@H](O)[C@@H](O)[C@@H]1O. The Morgan fingerprint density at radius 1 is 0.964 bits per heavy atom. The van der Waals surface area contributed by atoms with Gasteiger partial charge in [-0.2, -0.15) is 0 Å². The van der Waals surface area contributed by atoms with E-state index in [2.05, 4.69) is 6.07 Å².